The van der Waals surface area contributed by atoms with E-state index in [4.69, 9.17) is 4.74 Å². The fourth-order valence-corrected chi connectivity index (χ4v) is 4.17. The molecule has 1 unspecified atom stereocenters. The van der Waals surface area contributed by atoms with E-state index in [0.717, 1.165) is 42.7 Å². The Bertz CT molecular complexity index is 633. The Kier molecular flexibility index (Phi) is 2.44. The summed E-state index contributed by atoms with van der Waals surface area (Å²) in [5.41, 5.74) is 1.21. The van der Waals surface area contributed by atoms with Crippen molar-refractivity contribution < 1.29 is 9.53 Å². The van der Waals surface area contributed by atoms with Crippen LogP contribution in [-0.2, 0) is 4.74 Å². The first kappa shape index (κ1) is 12.7. The number of carbonyl (C=O) groups is 1. The Morgan fingerprint density at radius 3 is 2.71 bits per heavy atom. The summed E-state index contributed by atoms with van der Waals surface area (Å²) in [6.07, 6.45) is 5.33. The molecule has 4 heteroatoms. The number of nitrogens with one attached hydrogen (secondary N) is 1. The summed E-state index contributed by atoms with van der Waals surface area (Å²) in [4.78, 5) is 15.0. The van der Waals surface area contributed by atoms with Gasteiger partial charge in [0.05, 0.1) is 11.3 Å². The van der Waals surface area contributed by atoms with Crippen LogP contribution < -0.4 is 5.32 Å². The SMILES string of the molecule is C=C1OC2(C)Nc3ccccc3C(=O)N2C12CCCCC2. The van der Waals surface area contributed by atoms with Crippen molar-refractivity contribution in [2.24, 2.45) is 0 Å². The van der Waals surface area contributed by atoms with Gasteiger partial charge in [0.1, 0.15) is 11.3 Å². The number of benzene rings is 1. The van der Waals surface area contributed by atoms with Crippen LogP contribution in [0.3, 0.4) is 0 Å². The number of carbonyl (C=O) groups excluding carboxylic acids is 1. The van der Waals surface area contributed by atoms with Crippen LogP contribution in [0.25, 0.3) is 0 Å². The number of fused-ring (bicyclic) bond motifs is 3. The minimum absolute atomic E-state index is 0.0485. The second-order valence-electron chi connectivity index (χ2n) is 6.41. The van der Waals surface area contributed by atoms with E-state index in [1.165, 1.54) is 6.42 Å². The second-order valence-corrected chi connectivity index (χ2v) is 6.41. The first-order chi connectivity index (χ1) is 10.1. The molecular formula is C17H20N2O2. The van der Waals surface area contributed by atoms with Crippen LogP contribution in [-0.4, -0.2) is 22.2 Å². The summed E-state index contributed by atoms with van der Waals surface area (Å²) >= 11 is 0. The van der Waals surface area contributed by atoms with E-state index >= 15 is 0 Å². The van der Waals surface area contributed by atoms with Gasteiger partial charge in [-0.15, -0.1) is 0 Å². The van der Waals surface area contributed by atoms with Crippen LogP contribution >= 0.6 is 0 Å². The molecule has 0 bridgehead atoms. The number of anilines is 1. The van der Waals surface area contributed by atoms with Crippen molar-refractivity contribution in [1.29, 1.82) is 0 Å². The minimum Gasteiger partial charge on any atom is -0.452 e. The monoisotopic (exact) mass is 284 g/mol. The summed E-state index contributed by atoms with van der Waals surface area (Å²) in [6, 6.07) is 7.63. The Labute approximate surface area is 124 Å². The molecule has 1 saturated heterocycles. The Morgan fingerprint density at radius 1 is 1.24 bits per heavy atom. The van der Waals surface area contributed by atoms with Crippen molar-refractivity contribution >= 4 is 11.6 Å². The fraction of sp³-hybridized carbons (Fsp3) is 0.471. The van der Waals surface area contributed by atoms with Gasteiger partial charge < -0.3 is 10.1 Å². The van der Waals surface area contributed by atoms with Crippen molar-refractivity contribution in [2.75, 3.05) is 5.32 Å². The minimum atomic E-state index is -0.820. The van der Waals surface area contributed by atoms with E-state index in [2.05, 4.69) is 11.9 Å². The zero-order valence-corrected chi connectivity index (χ0v) is 12.3. The highest BCUT2D eigenvalue weighted by Gasteiger charge is 2.61. The molecule has 1 atom stereocenters. The molecule has 1 N–H and O–H groups in total. The molecule has 1 amide bonds. The smallest absolute Gasteiger partial charge is 0.261 e. The second kappa shape index (κ2) is 4.03. The van der Waals surface area contributed by atoms with Gasteiger partial charge in [0, 0.05) is 6.92 Å². The van der Waals surface area contributed by atoms with Gasteiger partial charge in [-0.25, -0.2) is 0 Å². The van der Waals surface area contributed by atoms with E-state index in [1.807, 2.05) is 36.1 Å². The molecule has 4 rings (SSSR count). The van der Waals surface area contributed by atoms with Crippen molar-refractivity contribution in [3.63, 3.8) is 0 Å². The Morgan fingerprint density at radius 2 is 1.95 bits per heavy atom. The predicted octanol–water partition coefficient (Wildman–Crippen LogP) is 3.47. The molecule has 1 aliphatic carbocycles. The number of nitrogens with zero attached hydrogens (tertiary/aromatic N) is 1. The van der Waals surface area contributed by atoms with Crippen molar-refractivity contribution in [1.82, 2.24) is 4.90 Å². The van der Waals surface area contributed by atoms with Gasteiger partial charge in [-0.05, 0) is 25.0 Å². The molecule has 3 aliphatic rings. The number of hydrogen-bond donors (Lipinski definition) is 1. The van der Waals surface area contributed by atoms with Gasteiger partial charge in [0.2, 0.25) is 0 Å². The summed E-state index contributed by atoms with van der Waals surface area (Å²) in [6.45, 7) is 6.07. The van der Waals surface area contributed by atoms with Crippen LogP contribution in [0, 0.1) is 0 Å². The highest BCUT2D eigenvalue weighted by molar-refractivity contribution is 6.03. The van der Waals surface area contributed by atoms with Crippen LogP contribution in [0.4, 0.5) is 5.69 Å². The van der Waals surface area contributed by atoms with E-state index < -0.39 is 5.85 Å². The topological polar surface area (TPSA) is 41.6 Å². The van der Waals surface area contributed by atoms with Crippen LogP contribution in [0.2, 0.25) is 0 Å². The third-order valence-electron chi connectivity index (χ3n) is 5.10. The number of hydrogen-bond acceptors (Lipinski definition) is 3. The van der Waals surface area contributed by atoms with Gasteiger partial charge in [-0.2, -0.15) is 0 Å². The van der Waals surface area contributed by atoms with Gasteiger partial charge in [-0.3, -0.25) is 9.69 Å². The van der Waals surface area contributed by atoms with Crippen LogP contribution in [0.5, 0.6) is 0 Å². The molecule has 21 heavy (non-hydrogen) atoms. The number of para-hydroxylation sites is 1. The molecule has 1 aromatic carbocycles. The average Bonchev–Trinajstić information content (AvgIpc) is 2.67. The summed E-state index contributed by atoms with van der Waals surface area (Å²) in [7, 11) is 0. The summed E-state index contributed by atoms with van der Waals surface area (Å²) < 4.78 is 6.07. The van der Waals surface area contributed by atoms with E-state index in [0.29, 0.717) is 0 Å². The van der Waals surface area contributed by atoms with Gasteiger partial charge in [0.15, 0.2) is 0 Å². The zero-order valence-electron chi connectivity index (χ0n) is 12.3. The van der Waals surface area contributed by atoms with E-state index in [9.17, 15) is 4.79 Å². The largest absolute Gasteiger partial charge is 0.452 e. The van der Waals surface area contributed by atoms with Crippen LogP contribution in [0.15, 0.2) is 36.6 Å². The molecule has 2 aliphatic heterocycles. The maximum atomic E-state index is 13.1. The van der Waals surface area contributed by atoms with Crippen molar-refractivity contribution in [3.8, 4) is 0 Å². The molecule has 2 heterocycles. The van der Waals surface area contributed by atoms with Gasteiger partial charge >= 0.3 is 0 Å². The van der Waals surface area contributed by atoms with Crippen molar-refractivity contribution in [2.45, 2.75) is 50.4 Å². The maximum Gasteiger partial charge on any atom is 0.261 e. The Balaban J connectivity index is 1.86. The van der Waals surface area contributed by atoms with E-state index in [1.54, 1.807) is 0 Å². The lowest BCUT2D eigenvalue weighted by Crippen LogP contribution is -2.62. The zero-order chi connectivity index (χ0) is 14.7. The molecule has 1 spiro atoms. The molecule has 2 fully saturated rings. The molecule has 4 nitrogen and oxygen atoms in total. The lowest BCUT2D eigenvalue weighted by Gasteiger charge is -2.46. The standard InChI is InChI=1S/C17H20N2O2/c1-12-17(10-6-3-7-11-17)19-15(20)13-8-4-5-9-14(13)18-16(19,2)21-12/h4-5,8-9,18H,1,3,6-7,10-11H2,2H3. The molecule has 0 radical (unpaired) electrons. The van der Waals surface area contributed by atoms with E-state index in [-0.39, 0.29) is 11.4 Å². The molecule has 1 aromatic rings. The third-order valence-corrected chi connectivity index (χ3v) is 5.10. The first-order valence-electron chi connectivity index (χ1n) is 7.67. The lowest BCUT2D eigenvalue weighted by molar-refractivity contribution is -0.0358. The lowest BCUT2D eigenvalue weighted by atomic mass is 9.79. The number of ether oxygens (including phenoxy) is 1. The van der Waals surface area contributed by atoms with Gasteiger partial charge in [-0.1, -0.05) is 38.0 Å². The summed E-state index contributed by atoms with van der Waals surface area (Å²) in [5, 5.41) is 3.39. The predicted molar refractivity (Wildman–Crippen MR) is 80.7 cm³/mol. The quantitative estimate of drug-likeness (QED) is 0.793. The number of amides is 1. The van der Waals surface area contributed by atoms with Crippen LogP contribution in [0.1, 0.15) is 49.4 Å². The van der Waals surface area contributed by atoms with Crippen molar-refractivity contribution in [3.05, 3.63) is 42.2 Å². The summed E-state index contributed by atoms with van der Waals surface area (Å²) in [5.74, 6) is -0.0365. The fourth-order valence-electron chi connectivity index (χ4n) is 4.17. The molecule has 110 valence electrons. The molecular weight excluding hydrogens is 264 g/mol. The number of rotatable bonds is 0. The molecule has 0 aromatic heterocycles. The first-order valence-corrected chi connectivity index (χ1v) is 7.67. The normalized spacial score (nSPS) is 29.7. The maximum absolute atomic E-state index is 13.1. The molecule has 1 saturated carbocycles. The highest BCUT2D eigenvalue weighted by atomic mass is 16.6. The average molecular weight is 284 g/mol. The van der Waals surface area contributed by atoms with Gasteiger partial charge in [0.25, 0.3) is 11.8 Å². The third kappa shape index (κ3) is 1.53. The Hall–Kier alpha value is -1.97. The highest BCUT2D eigenvalue weighted by Crippen LogP contribution is 2.52.